The highest BCUT2D eigenvalue weighted by molar-refractivity contribution is 6.35. The summed E-state index contributed by atoms with van der Waals surface area (Å²) in [6.45, 7) is 3.14. The smallest absolute Gasteiger partial charge is 0.143 e. The molecule has 0 saturated heterocycles. The van der Waals surface area contributed by atoms with Crippen molar-refractivity contribution in [1.82, 2.24) is 4.98 Å². The molecule has 110 valence electrons. The second-order valence-electron chi connectivity index (χ2n) is 5.12. The molecule has 0 bridgehead atoms. The van der Waals surface area contributed by atoms with Crippen molar-refractivity contribution in [2.75, 3.05) is 11.9 Å². The van der Waals surface area contributed by atoms with Gasteiger partial charge in [-0.1, -0.05) is 35.3 Å². The summed E-state index contributed by atoms with van der Waals surface area (Å²) in [6.07, 6.45) is 2.23. The van der Waals surface area contributed by atoms with Crippen molar-refractivity contribution in [2.24, 2.45) is 0 Å². The van der Waals surface area contributed by atoms with E-state index in [0.717, 1.165) is 42.1 Å². The number of hydrogen-bond acceptors (Lipinski definition) is 3. The highest BCUT2D eigenvalue weighted by Gasteiger charge is 2.15. The molecule has 0 fully saturated rings. The molecule has 0 amide bonds. The van der Waals surface area contributed by atoms with Gasteiger partial charge in [0.25, 0.3) is 0 Å². The van der Waals surface area contributed by atoms with E-state index in [-0.39, 0.29) is 0 Å². The number of hydrogen-bond donors (Lipinski definition) is 1. The highest BCUT2D eigenvalue weighted by Crippen LogP contribution is 2.33. The largest absolute Gasteiger partial charge is 0.487 e. The Kier molecular flexibility index (Phi) is 4.22. The molecule has 1 aromatic carbocycles. The van der Waals surface area contributed by atoms with Gasteiger partial charge >= 0.3 is 0 Å². The van der Waals surface area contributed by atoms with Crippen molar-refractivity contribution in [3.8, 4) is 5.75 Å². The fraction of sp³-hybridized carbons (Fsp3) is 0.312. The molecular weight excluding hydrogens is 307 g/mol. The monoisotopic (exact) mass is 322 g/mol. The number of ether oxygens (including phenoxy) is 1. The predicted octanol–water partition coefficient (Wildman–Crippen LogP) is 4.63. The van der Waals surface area contributed by atoms with Crippen molar-refractivity contribution >= 4 is 28.9 Å². The Morgan fingerprint density at radius 1 is 1.33 bits per heavy atom. The zero-order valence-corrected chi connectivity index (χ0v) is 13.3. The minimum absolute atomic E-state index is 0.309. The molecule has 1 aliphatic heterocycles. The van der Waals surface area contributed by atoms with Crippen LogP contribution in [0.1, 0.15) is 23.2 Å². The van der Waals surface area contributed by atoms with Gasteiger partial charge in [-0.15, -0.1) is 0 Å². The second-order valence-corrected chi connectivity index (χ2v) is 5.89. The summed E-state index contributed by atoms with van der Waals surface area (Å²) in [5.41, 5.74) is 3.89. The van der Waals surface area contributed by atoms with Gasteiger partial charge in [0.1, 0.15) is 17.5 Å². The number of aryl methyl sites for hydroxylation is 2. The van der Waals surface area contributed by atoms with Crippen molar-refractivity contribution in [3.63, 3.8) is 0 Å². The van der Waals surface area contributed by atoms with Crippen LogP contribution in [0.3, 0.4) is 0 Å². The van der Waals surface area contributed by atoms with Crippen LogP contribution in [0.2, 0.25) is 10.2 Å². The van der Waals surface area contributed by atoms with Crippen LogP contribution in [0.25, 0.3) is 0 Å². The molecule has 2 aromatic rings. The van der Waals surface area contributed by atoms with E-state index in [2.05, 4.69) is 16.4 Å². The number of pyridine rings is 1. The van der Waals surface area contributed by atoms with E-state index in [1.54, 1.807) is 6.07 Å². The van der Waals surface area contributed by atoms with Crippen molar-refractivity contribution < 1.29 is 4.74 Å². The zero-order chi connectivity index (χ0) is 14.8. The number of nitrogens with one attached hydrogen (secondary N) is 1. The molecule has 0 radical (unpaired) electrons. The average molecular weight is 323 g/mol. The molecule has 1 N–H and O–H groups in total. The van der Waals surface area contributed by atoms with Gasteiger partial charge in [0.05, 0.1) is 10.7 Å². The molecule has 0 saturated carbocycles. The van der Waals surface area contributed by atoms with Gasteiger partial charge in [0, 0.05) is 17.8 Å². The number of nitrogens with zero attached hydrogens (tertiary/aromatic N) is 1. The lowest BCUT2D eigenvalue weighted by Gasteiger charge is -2.21. The van der Waals surface area contributed by atoms with Gasteiger partial charge < -0.3 is 10.1 Å². The Labute approximate surface area is 134 Å². The molecule has 0 aliphatic carbocycles. The van der Waals surface area contributed by atoms with Crippen LogP contribution < -0.4 is 10.1 Å². The number of halogens is 2. The summed E-state index contributed by atoms with van der Waals surface area (Å²) >= 11 is 12.4. The average Bonchev–Trinajstić information content (AvgIpc) is 2.46. The van der Waals surface area contributed by atoms with E-state index in [1.807, 2.05) is 19.1 Å². The Morgan fingerprint density at radius 2 is 2.19 bits per heavy atom. The third-order valence-electron chi connectivity index (χ3n) is 3.56. The number of rotatable bonds is 3. The van der Waals surface area contributed by atoms with Gasteiger partial charge in [0.2, 0.25) is 0 Å². The molecule has 21 heavy (non-hydrogen) atoms. The SMILES string of the molecule is Cc1cc(Cl)c(COc2cccc3c2NCCC3)c(Cl)n1. The Hall–Kier alpha value is -1.45. The number of anilines is 1. The highest BCUT2D eigenvalue weighted by atomic mass is 35.5. The zero-order valence-electron chi connectivity index (χ0n) is 11.7. The van der Waals surface area contributed by atoms with Crippen LogP contribution in [0.4, 0.5) is 5.69 Å². The molecule has 3 nitrogen and oxygen atoms in total. The first kappa shape index (κ1) is 14.5. The minimum Gasteiger partial charge on any atom is -0.487 e. The second kappa shape index (κ2) is 6.12. The standard InChI is InChI=1S/C16H16Cl2N2O/c1-10-8-13(17)12(16(18)20-10)9-21-14-6-2-4-11-5-3-7-19-15(11)14/h2,4,6,8,19H,3,5,7,9H2,1H3. The van der Waals surface area contributed by atoms with Gasteiger partial charge in [-0.25, -0.2) is 4.98 Å². The molecule has 2 heterocycles. The van der Waals surface area contributed by atoms with E-state index in [4.69, 9.17) is 27.9 Å². The normalized spacial score (nSPS) is 13.5. The van der Waals surface area contributed by atoms with Crippen LogP contribution in [0.15, 0.2) is 24.3 Å². The van der Waals surface area contributed by atoms with Gasteiger partial charge in [-0.2, -0.15) is 0 Å². The number of para-hydroxylation sites is 1. The van der Waals surface area contributed by atoms with Crippen molar-refractivity contribution in [1.29, 1.82) is 0 Å². The summed E-state index contributed by atoms with van der Waals surface area (Å²) in [6, 6.07) is 7.89. The Morgan fingerprint density at radius 3 is 3.00 bits per heavy atom. The number of fused-ring (bicyclic) bond motifs is 1. The maximum absolute atomic E-state index is 6.22. The summed E-state index contributed by atoms with van der Waals surface area (Å²) in [5.74, 6) is 0.833. The lowest BCUT2D eigenvalue weighted by molar-refractivity contribution is 0.307. The lowest BCUT2D eigenvalue weighted by atomic mass is 10.0. The van der Waals surface area contributed by atoms with Crippen LogP contribution >= 0.6 is 23.2 Å². The van der Waals surface area contributed by atoms with Gasteiger partial charge in [0.15, 0.2) is 0 Å². The summed E-state index contributed by atoms with van der Waals surface area (Å²) in [4.78, 5) is 4.22. The van der Waals surface area contributed by atoms with Crippen molar-refractivity contribution in [2.45, 2.75) is 26.4 Å². The Bertz CT molecular complexity index is 650. The van der Waals surface area contributed by atoms with E-state index < -0.39 is 0 Å². The first-order valence-electron chi connectivity index (χ1n) is 6.95. The quantitative estimate of drug-likeness (QED) is 0.836. The molecule has 0 atom stereocenters. The number of benzene rings is 1. The van der Waals surface area contributed by atoms with Crippen LogP contribution in [-0.2, 0) is 13.0 Å². The molecule has 0 unspecified atom stereocenters. The van der Waals surface area contributed by atoms with E-state index in [9.17, 15) is 0 Å². The van der Waals surface area contributed by atoms with Crippen LogP contribution in [0.5, 0.6) is 5.75 Å². The van der Waals surface area contributed by atoms with Crippen molar-refractivity contribution in [3.05, 3.63) is 51.3 Å². The first-order valence-corrected chi connectivity index (χ1v) is 7.71. The Balaban J connectivity index is 1.83. The molecule has 3 rings (SSSR count). The molecule has 1 aromatic heterocycles. The molecule has 0 spiro atoms. The topological polar surface area (TPSA) is 34.1 Å². The maximum Gasteiger partial charge on any atom is 0.143 e. The summed E-state index contributed by atoms with van der Waals surface area (Å²) in [5, 5.41) is 4.39. The molecule has 1 aliphatic rings. The maximum atomic E-state index is 6.22. The van der Waals surface area contributed by atoms with E-state index in [0.29, 0.717) is 16.8 Å². The van der Waals surface area contributed by atoms with Crippen LogP contribution in [0, 0.1) is 6.92 Å². The fourth-order valence-corrected chi connectivity index (χ4v) is 3.14. The minimum atomic E-state index is 0.309. The molecular formula is C16H16Cl2N2O. The predicted molar refractivity (Wildman–Crippen MR) is 86.6 cm³/mol. The summed E-state index contributed by atoms with van der Waals surface area (Å²) < 4.78 is 5.92. The van der Waals surface area contributed by atoms with Crippen LogP contribution in [-0.4, -0.2) is 11.5 Å². The first-order chi connectivity index (χ1) is 10.1. The third kappa shape index (κ3) is 3.09. The number of aromatic nitrogens is 1. The fourth-order valence-electron chi connectivity index (χ4n) is 2.50. The van der Waals surface area contributed by atoms with Gasteiger partial charge in [-0.05, 0) is 37.5 Å². The summed E-state index contributed by atoms with van der Waals surface area (Å²) in [7, 11) is 0. The molecule has 5 heteroatoms. The lowest BCUT2D eigenvalue weighted by Crippen LogP contribution is -2.13. The third-order valence-corrected chi connectivity index (χ3v) is 4.21. The van der Waals surface area contributed by atoms with Gasteiger partial charge in [-0.3, -0.25) is 0 Å². The van der Waals surface area contributed by atoms with E-state index >= 15 is 0 Å². The van der Waals surface area contributed by atoms with E-state index in [1.165, 1.54) is 5.56 Å².